The fourth-order valence-corrected chi connectivity index (χ4v) is 7.12. The smallest absolute Gasteiger partial charge is 0.119 e. The van der Waals surface area contributed by atoms with Crippen molar-refractivity contribution in [3.8, 4) is 11.5 Å². The molecule has 0 bridgehead atoms. The zero-order chi connectivity index (χ0) is 46.6. The fraction of sp³-hybridized carbons (Fsp3) is 0.478. The Labute approximate surface area is 377 Å². The Morgan fingerprint density at radius 3 is 1.10 bits per heavy atom. The summed E-state index contributed by atoms with van der Waals surface area (Å²) >= 11 is 12.7. The summed E-state index contributed by atoms with van der Waals surface area (Å²) in [5.74, 6) is 1.60. The van der Waals surface area contributed by atoms with Crippen molar-refractivity contribution in [2.24, 2.45) is 0 Å². The minimum atomic E-state index is -1.42. The first-order chi connectivity index (χ1) is 30.2. The van der Waals surface area contributed by atoms with Gasteiger partial charge in [0.05, 0.1) is 39.6 Å². The van der Waals surface area contributed by atoms with Gasteiger partial charge in [-0.25, -0.2) is 0 Å². The van der Waals surface area contributed by atoms with Crippen molar-refractivity contribution in [2.45, 2.75) is 94.7 Å². The molecule has 11 N–H and O–H groups in total. The topological polar surface area (TPSA) is 259 Å². The second-order valence-electron chi connectivity index (χ2n) is 14.5. The zero-order valence-electron chi connectivity index (χ0n) is 35.5. The summed E-state index contributed by atoms with van der Waals surface area (Å²) in [6.07, 6.45) is -10.8. The van der Waals surface area contributed by atoms with Gasteiger partial charge in [0.25, 0.3) is 0 Å². The standard InChI is InChI=1S/2C21H25ClO6.C2H6O2.C2H6O/c2*1-2-27-15-6-3-12(4-7-15)9-14-10-13(5-8-16(14)22)21-20(26)19(25)18(24)17(11-23)28-21;3-1-2-4;1-2-3/h2*3-8,10,17-21,23-26H,2,9,11H2,1H3;3-4H,1-2H2;3H,2H2,1H3/t2*17-,18-,19+,20-,21+;;/m11../s1. The molecule has 350 valence electrons. The molecule has 17 heteroatoms. The molecule has 0 radical (unpaired) electrons. The van der Waals surface area contributed by atoms with Crippen molar-refractivity contribution >= 4 is 23.2 Å². The summed E-state index contributed by atoms with van der Waals surface area (Å²) in [7, 11) is 0. The maximum absolute atomic E-state index is 10.3. The summed E-state index contributed by atoms with van der Waals surface area (Å²) in [6, 6.07) is 25.9. The van der Waals surface area contributed by atoms with Gasteiger partial charge in [-0.05, 0) is 103 Å². The average molecular weight is 926 g/mol. The summed E-state index contributed by atoms with van der Waals surface area (Å²) in [6.45, 7) is 5.82. The van der Waals surface area contributed by atoms with E-state index in [0.29, 0.717) is 47.2 Å². The molecule has 4 aromatic carbocycles. The van der Waals surface area contributed by atoms with Gasteiger partial charge < -0.3 is 75.1 Å². The molecular weight excluding hydrogens is 863 g/mol. The van der Waals surface area contributed by atoms with Crippen molar-refractivity contribution in [2.75, 3.05) is 46.2 Å². The van der Waals surface area contributed by atoms with Crippen molar-refractivity contribution in [3.63, 3.8) is 0 Å². The number of benzene rings is 4. The molecule has 0 aromatic heterocycles. The molecule has 15 nitrogen and oxygen atoms in total. The van der Waals surface area contributed by atoms with Gasteiger partial charge in [-0.1, -0.05) is 71.7 Å². The Bertz CT molecular complexity index is 1750. The highest BCUT2D eigenvalue weighted by molar-refractivity contribution is 6.31. The van der Waals surface area contributed by atoms with Crippen molar-refractivity contribution in [1.82, 2.24) is 0 Å². The van der Waals surface area contributed by atoms with Gasteiger partial charge in [0.1, 0.15) is 72.5 Å². The lowest BCUT2D eigenvalue weighted by molar-refractivity contribution is -0.231. The van der Waals surface area contributed by atoms with E-state index in [4.69, 9.17) is 57.5 Å². The normalized spacial score (nSPS) is 25.3. The highest BCUT2D eigenvalue weighted by atomic mass is 35.5. The van der Waals surface area contributed by atoms with E-state index in [2.05, 4.69) is 0 Å². The molecule has 2 aliphatic rings. The van der Waals surface area contributed by atoms with Gasteiger partial charge in [-0.2, -0.15) is 0 Å². The fourth-order valence-electron chi connectivity index (χ4n) is 6.75. The first kappa shape index (κ1) is 53.9. The van der Waals surface area contributed by atoms with E-state index < -0.39 is 74.3 Å². The van der Waals surface area contributed by atoms with Crippen LogP contribution in [0.15, 0.2) is 84.9 Å². The van der Waals surface area contributed by atoms with E-state index in [9.17, 15) is 40.9 Å². The van der Waals surface area contributed by atoms with Gasteiger partial charge in [0, 0.05) is 16.7 Å². The van der Waals surface area contributed by atoms with Crippen LogP contribution in [0.25, 0.3) is 0 Å². The number of hydrogen-bond acceptors (Lipinski definition) is 15. The number of halogens is 2. The Morgan fingerprint density at radius 2 is 0.810 bits per heavy atom. The van der Waals surface area contributed by atoms with E-state index in [1.807, 2.05) is 74.5 Å². The van der Waals surface area contributed by atoms with Crippen LogP contribution in [0.5, 0.6) is 11.5 Å². The molecule has 2 heterocycles. The SMILES string of the molecule is CCO.CCOc1ccc(Cc2cc([C@@H]3O[C@H](CO)[C@@H](O)[C@H](O)[C@H]3O)ccc2Cl)cc1.CCOc1ccc(Cc2cc([C@@H]3O[C@H](CO)[C@@H](O)[C@H](O)[C@H]3O)ccc2Cl)cc1.OCCO. The third kappa shape index (κ3) is 15.6. The van der Waals surface area contributed by atoms with Crippen LogP contribution in [0.1, 0.15) is 66.4 Å². The lowest BCUT2D eigenvalue weighted by atomic mass is 9.90. The monoisotopic (exact) mass is 924 g/mol. The molecule has 0 aliphatic carbocycles. The predicted molar refractivity (Wildman–Crippen MR) is 236 cm³/mol. The molecule has 2 fully saturated rings. The molecule has 0 unspecified atom stereocenters. The van der Waals surface area contributed by atoms with Crippen molar-refractivity contribution < 1.29 is 75.1 Å². The summed E-state index contributed by atoms with van der Waals surface area (Å²) in [5, 5.41) is 103. The number of ether oxygens (including phenoxy) is 4. The van der Waals surface area contributed by atoms with Crippen LogP contribution in [0.2, 0.25) is 10.0 Å². The van der Waals surface area contributed by atoms with Gasteiger partial charge in [-0.3, -0.25) is 0 Å². The van der Waals surface area contributed by atoms with Gasteiger partial charge in [0.2, 0.25) is 0 Å². The third-order valence-corrected chi connectivity index (χ3v) is 10.7. The molecule has 63 heavy (non-hydrogen) atoms. The lowest BCUT2D eigenvalue weighted by Gasteiger charge is -2.40. The molecule has 2 aliphatic heterocycles. The van der Waals surface area contributed by atoms with E-state index in [-0.39, 0.29) is 19.8 Å². The molecule has 0 saturated carbocycles. The van der Waals surface area contributed by atoms with E-state index in [1.54, 1.807) is 31.2 Å². The Kier molecular flexibility index (Phi) is 23.7. The lowest BCUT2D eigenvalue weighted by Crippen LogP contribution is -2.55. The summed E-state index contributed by atoms with van der Waals surface area (Å²) in [5.41, 5.74) is 4.97. The zero-order valence-corrected chi connectivity index (χ0v) is 37.0. The Balaban J connectivity index is 0.000000292. The summed E-state index contributed by atoms with van der Waals surface area (Å²) < 4.78 is 22.2. The van der Waals surface area contributed by atoms with E-state index in [0.717, 1.165) is 33.8 Å². The van der Waals surface area contributed by atoms with Crippen LogP contribution >= 0.6 is 23.2 Å². The molecule has 0 amide bonds. The van der Waals surface area contributed by atoms with Crippen LogP contribution in [0.4, 0.5) is 0 Å². The molecule has 4 aromatic rings. The maximum Gasteiger partial charge on any atom is 0.119 e. The molecule has 10 atom stereocenters. The van der Waals surface area contributed by atoms with Crippen LogP contribution in [-0.2, 0) is 22.3 Å². The highest BCUT2D eigenvalue weighted by Gasteiger charge is 2.45. The third-order valence-electron chi connectivity index (χ3n) is 9.94. The minimum Gasteiger partial charge on any atom is -0.494 e. The van der Waals surface area contributed by atoms with Crippen LogP contribution < -0.4 is 9.47 Å². The van der Waals surface area contributed by atoms with Crippen molar-refractivity contribution in [1.29, 1.82) is 0 Å². The highest BCUT2D eigenvalue weighted by Crippen LogP contribution is 2.36. The van der Waals surface area contributed by atoms with Crippen LogP contribution in [0, 0.1) is 0 Å². The van der Waals surface area contributed by atoms with Crippen molar-refractivity contribution in [3.05, 3.63) is 128 Å². The summed E-state index contributed by atoms with van der Waals surface area (Å²) in [4.78, 5) is 0. The number of aliphatic hydroxyl groups excluding tert-OH is 11. The first-order valence-corrected chi connectivity index (χ1v) is 21.4. The molecule has 6 rings (SSSR count). The average Bonchev–Trinajstić information content (AvgIpc) is 3.29. The first-order valence-electron chi connectivity index (χ1n) is 20.7. The largest absolute Gasteiger partial charge is 0.494 e. The predicted octanol–water partition coefficient (Wildman–Crippen LogP) is 2.66. The van der Waals surface area contributed by atoms with E-state index >= 15 is 0 Å². The van der Waals surface area contributed by atoms with Crippen LogP contribution in [-0.4, -0.2) is 151 Å². The molecule has 2 saturated heterocycles. The number of hydrogen-bond donors (Lipinski definition) is 11. The second kappa shape index (κ2) is 27.8. The van der Waals surface area contributed by atoms with Crippen LogP contribution in [0.3, 0.4) is 0 Å². The Morgan fingerprint density at radius 1 is 0.476 bits per heavy atom. The van der Waals surface area contributed by atoms with E-state index in [1.165, 1.54) is 0 Å². The minimum absolute atomic E-state index is 0.125. The molecular formula is C46H62Cl2O15. The van der Waals surface area contributed by atoms with Gasteiger partial charge in [-0.15, -0.1) is 0 Å². The number of rotatable bonds is 13. The molecule has 0 spiro atoms. The van der Waals surface area contributed by atoms with Gasteiger partial charge in [0.15, 0.2) is 0 Å². The second-order valence-corrected chi connectivity index (χ2v) is 15.3. The Hall–Kier alpha value is -3.46. The quantitative estimate of drug-likeness (QED) is 0.0922. The number of aliphatic hydroxyl groups is 11. The maximum atomic E-state index is 10.3. The van der Waals surface area contributed by atoms with Gasteiger partial charge >= 0.3 is 0 Å².